The highest BCUT2D eigenvalue weighted by Gasteiger charge is 2.21. The molecule has 1 aliphatic rings. The van der Waals surface area contributed by atoms with Gasteiger partial charge in [0.05, 0.1) is 31.4 Å². The minimum Gasteiger partial charge on any atom is -0.493 e. The van der Waals surface area contributed by atoms with E-state index in [9.17, 15) is 4.79 Å². The van der Waals surface area contributed by atoms with E-state index in [-0.39, 0.29) is 11.2 Å². The fourth-order valence-electron chi connectivity index (χ4n) is 3.56. The Morgan fingerprint density at radius 2 is 1.88 bits per heavy atom. The first-order valence-corrected chi connectivity index (χ1v) is 11.6. The fraction of sp³-hybridized carbons (Fsp3) is 0.333. The van der Waals surface area contributed by atoms with Crippen molar-refractivity contribution in [2.45, 2.75) is 30.8 Å². The van der Waals surface area contributed by atoms with Gasteiger partial charge in [0.2, 0.25) is 5.91 Å². The van der Waals surface area contributed by atoms with Gasteiger partial charge in [-0.05, 0) is 44.2 Å². The minimum absolute atomic E-state index is 0.126. The maximum atomic E-state index is 12.8. The number of amides is 1. The van der Waals surface area contributed by atoms with Crippen LogP contribution >= 0.6 is 11.8 Å². The summed E-state index contributed by atoms with van der Waals surface area (Å²) >= 11 is 1.41. The molecule has 9 heteroatoms. The van der Waals surface area contributed by atoms with Crippen LogP contribution in [-0.4, -0.2) is 48.1 Å². The molecule has 1 amide bonds. The summed E-state index contributed by atoms with van der Waals surface area (Å²) in [6.45, 7) is 5.73. The Hall–Kier alpha value is -3.33. The predicted molar refractivity (Wildman–Crippen MR) is 128 cm³/mol. The van der Waals surface area contributed by atoms with Gasteiger partial charge in [0, 0.05) is 23.9 Å². The van der Waals surface area contributed by atoms with Crippen molar-refractivity contribution in [3.63, 3.8) is 0 Å². The molecule has 3 aromatic rings. The lowest BCUT2D eigenvalue weighted by Gasteiger charge is -2.19. The number of benzene rings is 2. The number of anilines is 1. The molecule has 0 saturated heterocycles. The van der Waals surface area contributed by atoms with Gasteiger partial charge in [0.25, 0.3) is 0 Å². The van der Waals surface area contributed by atoms with Crippen LogP contribution in [0.15, 0.2) is 47.8 Å². The highest BCUT2D eigenvalue weighted by molar-refractivity contribution is 8.00. The molecule has 1 aromatic heterocycles. The largest absolute Gasteiger partial charge is 0.493 e. The maximum absolute atomic E-state index is 12.8. The number of thioether (sulfide) groups is 1. The smallest absolute Gasteiger partial charge is 0.237 e. The van der Waals surface area contributed by atoms with Crippen molar-refractivity contribution in [1.29, 1.82) is 0 Å². The van der Waals surface area contributed by atoms with E-state index < -0.39 is 0 Å². The van der Waals surface area contributed by atoms with Crippen molar-refractivity contribution in [2.24, 2.45) is 0 Å². The molecule has 8 nitrogen and oxygen atoms in total. The van der Waals surface area contributed by atoms with Crippen molar-refractivity contribution < 1.29 is 23.7 Å². The predicted octanol–water partition coefficient (Wildman–Crippen LogP) is 4.48. The topological polar surface area (TPSA) is 83.8 Å². The van der Waals surface area contributed by atoms with Gasteiger partial charge >= 0.3 is 0 Å². The Kier molecular flexibility index (Phi) is 6.98. The Balaban J connectivity index is 1.49. The van der Waals surface area contributed by atoms with E-state index in [4.69, 9.17) is 18.9 Å². The number of nitrogens with one attached hydrogen (secondary N) is 1. The Morgan fingerprint density at radius 3 is 2.61 bits per heavy atom. The maximum Gasteiger partial charge on any atom is 0.237 e. The number of carbonyl (C=O) groups is 1. The third kappa shape index (κ3) is 4.88. The second-order valence-corrected chi connectivity index (χ2v) is 8.66. The molecule has 1 unspecified atom stereocenters. The number of ether oxygens (including phenoxy) is 4. The van der Waals surface area contributed by atoms with Crippen molar-refractivity contribution in [3.8, 4) is 34.3 Å². The molecule has 0 bridgehead atoms. The molecule has 4 rings (SSSR count). The van der Waals surface area contributed by atoms with E-state index in [1.165, 1.54) is 11.8 Å². The van der Waals surface area contributed by atoms with Crippen LogP contribution in [0, 0.1) is 0 Å². The summed E-state index contributed by atoms with van der Waals surface area (Å²) in [5.41, 5.74) is 2.59. The second-order valence-electron chi connectivity index (χ2n) is 7.35. The Morgan fingerprint density at radius 1 is 1.12 bits per heavy atom. The molecular formula is C24H27N3O5S. The van der Waals surface area contributed by atoms with Gasteiger partial charge in [0.1, 0.15) is 13.2 Å². The summed E-state index contributed by atoms with van der Waals surface area (Å²) in [7, 11) is 3.13. The highest BCUT2D eigenvalue weighted by atomic mass is 32.2. The van der Waals surface area contributed by atoms with E-state index in [0.717, 1.165) is 34.5 Å². The van der Waals surface area contributed by atoms with Gasteiger partial charge in [-0.15, -0.1) is 0 Å². The number of hydrogen-bond donors (Lipinski definition) is 1. The number of rotatable bonds is 8. The minimum atomic E-state index is -0.362. The van der Waals surface area contributed by atoms with E-state index in [1.807, 2.05) is 31.3 Å². The van der Waals surface area contributed by atoms with Gasteiger partial charge in [0.15, 0.2) is 28.2 Å². The molecule has 0 spiro atoms. The third-order valence-electron chi connectivity index (χ3n) is 5.28. The first-order chi connectivity index (χ1) is 16.0. The molecule has 1 N–H and O–H groups in total. The number of methoxy groups -OCH3 is 2. The zero-order valence-electron chi connectivity index (χ0n) is 19.1. The molecule has 2 aromatic carbocycles. The summed E-state index contributed by atoms with van der Waals surface area (Å²) in [6.07, 6.45) is 1.83. The third-order valence-corrected chi connectivity index (χ3v) is 6.38. The number of imidazole rings is 1. The first-order valence-electron chi connectivity index (χ1n) is 10.7. The molecule has 0 aliphatic carbocycles. The molecule has 0 saturated carbocycles. The van der Waals surface area contributed by atoms with Gasteiger partial charge in [-0.1, -0.05) is 11.8 Å². The van der Waals surface area contributed by atoms with Crippen LogP contribution in [0.25, 0.3) is 11.3 Å². The number of nitrogens with zero attached hydrogens (tertiary/aromatic N) is 2. The quantitative estimate of drug-likeness (QED) is 0.487. The summed E-state index contributed by atoms with van der Waals surface area (Å²) in [4.78, 5) is 17.4. The van der Waals surface area contributed by atoms with E-state index >= 15 is 0 Å². The van der Waals surface area contributed by atoms with Gasteiger partial charge < -0.3 is 28.8 Å². The van der Waals surface area contributed by atoms with Gasteiger partial charge in [-0.25, -0.2) is 4.98 Å². The number of fused-ring (bicyclic) bond motifs is 1. The monoisotopic (exact) mass is 469 g/mol. The summed E-state index contributed by atoms with van der Waals surface area (Å²) in [6, 6.07) is 11.2. The number of carbonyl (C=O) groups excluding carboxylic acids is 1. The van der Waals surface area contributed by atoms with E-state index in [2.05, 4.69) is 21.8 Å². The van der Waals surface area contributed by atoms with Crippen LogP contribution < -0.4 is 24.3 Å². The average molecular weight is 470 g/mol. The second kappa shape index (κ2) is 10.1. The number of aromatic nitrogens is 2. The van der Waals surface area contributed by atoms with Crippen molar-refractivity contribution >= 4 is 23.4 Å². The van der Waals surface area contributed by atoms with Crippen LogP contribution in [0.5, 0.6) is 23.0 Å². The summed E-state index contributed by atoms with van der Waals surface area (Å²) in [5.74, 6) is 2.52. The van der Waals surface area contributed by atoms with Crippen LogP contribution in [0.4, 0.5) is 5.69 Å². The van der Waals surface area contributed by atoms with Crippen molar-refractivity contribution in [2.75, 3.05) is 32.8 Å². The van der Waals surface area contributed by atoms with E-state index in [1.54, 1.807) is 32.4 Å². The first kappa shape index (κ1) is 22.8. The fourth-order valence-corrected chi connectivity index (χ4v) is 4.51. The molecule has 0 radical (unpaired) electrons. The zero-order valence-corrected chi connectivity index (χ0v) is 19.9. The lowest BCUT2D eigenvalue weighted by atomic mass is 10.1. The highest BCUT2D eigenvalue weighted by Crippen LogP contribution is 2.36. The standard InChI is InChI=1S/C24H27N3O5S/c1-5-27-18(16-6-8-20-22(12-16)32-11-10-31-20)14-25-24(27)33-15(2)23(28)26-17-7-9-19(29-3)21(13-17)30-4/h6-9,12-15H,5,10-11H2,1-4H3,(H,26,28). The molecule has 2 heterocycles. The molecule has 1 aliphatic heterocycles. The summed E-state index contributed by atoms with van der Waals surface area (Å²) in [5, 5.41) is 3.35. The molecule has 1 atom stereocenters. The molecule has 33 heavy (non-hydrogen) atoms. The normalized spacial score (nSPS) is 13.3. The van der Waals surface area contributed by atoms with Gasteiger partial charge in [-0.3, -0.25) is 4.79 Å². The van der Waals surface area contributed by atoms with Crippen molar-refractivity contribution in [3.05, 3.63) is 42.6 Å². The molecular weight excluding hydrogens is 442 g/mol. The molecule has 0 fully saturated rings. The van der Waals surface area contributed by atoms with Crippen LogP contribution in [0.3, 0.4) is 0 Å². The Bertz CT molecular complexity index is 1150. The van der Waals surface area contributed by atoms with Crippen molar-refractivity contribution in [1.82, 2.24) is 9.55 Å². The SMILES string of the molecule is CCn1c(-c2ccc3c(c2)OCCO3)cnc1SC(C)C(=O)Nc1ccc(OC)c(OC)c1. The number of hydrogen-bond acceptors (Lipinski definition) is 7. The zero-order chi connectivity index (χ0) is 23.4. The van der Waals surface area contributed by atoms with E-state index in [0.29, 0.717) is 30.4 Å². The Labute approximate surface area is 197 Å². The van der Waals surface area contributed by atoms with Crippen LogP contribution in [-0.2, 0) is 11.3 Å². The van der Waals surface area contributed by atoms with Crippen LogP contribution in [0.2, 0.25) is 0 Å². The summed E-state index contributed by atoms with van der Waals surface area (Å²) < 4.78 is 24.0. The lowest BCUT2D eigenvalue weighted by Crippen LogP contribution is -2.23. The van der Waals surface area contributed by atoms with Gasteiger partial charge in [-0.2, -0.15) is 0 Å². The lowest BCUT2D eigenvalue weighted by molar-refractivity contribution is -0.115. The molecule has 174 valence electrons. The average Bonchev–Trinajstić information content (AvgIpc) is 3.25. The van der Waals surface area contributed by atoms with Crippen LogP contribution in [0.1, 0.15) is 13.8 Å².